The monoisotopic (exact) mass is 284 g/mol. The Hall–Kier alpha value is -1.22. The predicted molar refractivity (Wildman–Crippen MR) is 77.1 cm³/mol. The molecule has 1 N–H and O–H groups in total. The molecule has 0 saturated carbocycles. The van der Waals surface area contributed by atoms with Crippen molar-refractivity contribution >= 4 is 17.6 Å². The van der Waals surface area contributed by atoms with Gasteiger partial charge >= 0.3 is 5.97 Å². The lowest BCUT2D eigenvalue weighted by Gasteiger charge is -2.19. The number of hydrogen-bond acceptors (Lipinski definition) is 2. The third-order valence-electron chi connectivity index (χ3n) is 3.26. The van der Waals surface area contributed by atoms with Crippen LogP contribution in [0.2, 0.25) is 5.02 Å². The molecule has 0 aromatic heterocycles. The number of carboxylic acid groups (broad SMARTS) is 1. The Morgan fingerprint density at radius 1 is 1.32 bits per heavy atom. The number of halogens is 1. The molecule has 0 radical (unpaired) electrons. The molecule has 0 aliphatic carbocycles. The maximum absolute atomic E-state index is 11.0. The van der Waals surface area contributed by atoms with Crippen LogP contribution in [0.3, 0.4) is 0 Å². The van der Waals surface area contributed by atoms with Crippen LogP contribution >= 0.6 is 11.6 Å². The first-order valence-corrected chi connectivity index (χ1v) is 6.75. The second-order valence-electron chi connectivity index (χ2n) is 5.48. The minimum atomic E-state index is -0.780. The molecule has 1 rings (SSSR count). The van der Waals surface area contributed by atoms with Gasteiger partial charge in [-0.3, -0.25) is 4.79 Å². The molecule has 0 aliphatic heterocycles. The van der Waals surface area contributed by atoms with Gasteiger partial charge in [0, 0.05) is 0 Å². The number of carbonyl (C=O) groups is 1. The molecule has 3 nitrogen and oxygen atoms in total. The van der Waals surface area contributed by atoms with Crippen molar-refractivity contribution in [2.45, 2.75) is 40.5 Å². The lowest BCUT2D eigenvalue weighted by molar-refractivity contribution is -0.147. The average Bonchev–Trinajstić information content (AvgIpc) is 2.33. The summed E-state index contributed by atoms with van der Waals surface area (Å²) in [4.78, 5) is 11.0. The molecule has 0 unspecified atom stereocenters. The molecule has 106 valence electrons. The number of benzene rings is 1. The van der Waals surface area contributed by atoms with E-state index in [-0.39, 0.29) is 0 Å². The summed E-state index contributed by atoms with van der Waals surface area (Å²) in [7, 11) is 0. The standard InChI is InChI=1S/C15H21ClO3/c1-10-6-7-11(2)13(12(10)16)19-9-5-8-15(3,4)14(17)18/h6-7H,5,8-9H2,1-4H3,(H,17,18). The topological polar surface area (TPSA) is 46.5 Å². The molecule has 0 atom stereocenters. The second-order valence-corrected chi connectivity index (χ2v) is 5.86. The summed E-state index contributed by atoms with van der Waals surface area (Å²) in [5.74, 6) is -0.0768. The van der Waals surface area contributed by atoms with Gasteiger partial charge in [0.15, 0.2) is 0 Å². The van der Waals surface area contributed by atoms with Crippen LogP contribution in [0.1, 0.15) is 37.8 Å². The lowest BCUT2D eigenvalue weighted by Crippen LogP contribution is -2.24. The van der Waals surface area contributed by atoms with Crippen LogP contribution in [0.25, 0.3) is 0 Å². The van der Waals surface area contributed by atoms with Crippen LogP contribution in [0, 0.1) is 19.3 Å². The largest absolute Gasteiger partial charge is 0.492 e. The first-order valence-electron chi connectivity index (χ1n) is 6.37. The van der Waals surface area contributed by atoms with E-state index in [4.69, 9.17) is 21.4 Å². The number of aryl methyl sites for hydroxylation is 2. The normalized spacial score (nSPS) is 11.4. The zero-order valence-corrected chi connectivity index (χ0v) is 12.7. The van der Waals surface area contributed by atoms with E-state index in [1.54, 1.807) is 13.8 Å². The van der Waals surface area contributed by atoms with Crippen molar-refractivity contribution in [1.29, 1.82) is 0 Å². The maximum Gasteiger partial charge on any atom is 0.309 e. The van der Waals surface area contributed by atoms with E-state index in [1.165, 1.54) is 0 Å². The first kappa shape index (κ1) is 15.8. The van der Waals surface area contributed by atoms with Crippen LogP contribution < -0.4 is 4.74 Å². The van der Waals surface area contributed by atoms with Crippen molar-refractivity contribution in [2.75, 3.05) is 6.61 Å². The Bertz CT molecular complexity index is 467. The summed E-state index contributed by atoms with van der Waals surface area (Å²) in [6.07, 6.45) is 1.26. The van der Waals surface area contributed by atoms with E-state index in [1.807, 2.05) is 26.0 Å². The highest BCUT2D eigenvalue weighted by Gasteiger charge is 2.26. The molecule has 0 amide bonds. The summed E-state index contributed by atoms with van der Waals surface area (Å²) in [6.45, 7) is 7.80. The fourth-order valence-corrected chi connectivity index (χ4v) is 1.99. The van der Waals surface area contributed by atoms with Gasteiger partial charge in [-0.1, -0.05) is 23.7 Å². The molecule has 0 spiro atoms. The Morgan fingerprint density at radius 3 is 2.47 bits per heavy atom. The van der Waals surface area contributed by atoms with Gasteiger partial charge in [-0.15, -0.1) is 0 Å². The van der Waals surface area contributed by atoms with E-state index in [0.29, 0.717) is 30.2 Å². The van der Waals surface area contributed by atoms with Crippen molar-refractivity contribution < 1.29 is 14.6 Å². The third kappa shape index (κ3) is 4.13. The Labute approximate surface area is 119 Å². The molecular weight excluding hydrogens is 264 g/mol. The molecule has 0 heterocycles. The van der Waals surface area contributed by atoms with Gasteiger partial charge in [0.25, 0.3) is 0 Å². The lowest BCUT2D eigenvalue weighted by atomic mass is 9.88. The van der Waals surface area contributed by atoms with Crippen molar-refractivity contribution in [3.63, 3.8) is 0 Å². The first-order chi connectivity index (χ1) is 8.75. The molecule has 0 saturated heterocycles. The fourth-order valence-electron chi connectivity index (χ4n) is 1.72. The molecule has 1 aromatic rings. The van der Waals surface area contributed by atoms with Gasteiger partial charge in [-0.2, -0.15) is 0 Å². The van der Waals surface area contributed by atoms with Crippen molar-refractivity contribution in [3.05, 3.63) is 28.3 Å². The zero-order valence-electron chi connectivity index (χ0n) is 11.9. The minimum absolute atomic E-state index is 0.473. The summed E-state index contributed by atoms with van der Waals surface area (Å²) in [6, 6.07) is 3.93. The molecule has 1 aromatic carbocycles. The summed E-state index contributed by atoms with van der Waals surface area (Å²) in [5.41, 5.74) is 1.26. The number of rotatable bonds is 6. The molecular formula is C15H21ClO3. The molecule has 4 heteroatoms. The van der Waals surface area contributed by atoms with Crippen LogP contribution in [-0.2, 0) is 4.79 Å². The number of ether oxygens (including phenoxy) is 1. The smallest absolute Gasteiger partial charge is 0.309 e. The summed E-state index contributed by atoms with van der Waals surface area (Å²) < 4.78 is 5.70. The molecule has 0 aliphatic rings. The highest BCUT2D eigenvalue weighted by Crippen LogP contribution is 2.32. The Balaban J connectivity index is 2.55. The Morgan fingerprint density at radius 2 is 1.89 bits per heavy atom. The number of carboxylic acids is 1. The minimum Gasteiger partial charge on any atom is -0.492 e. The van der Waals surface area contributed by atoms with E-state index in [0.717, 1.165) is 11.1 Å². The van der Waals surface area contributed by atoms with Crippen LogP contribution in [0.5, 0.6) is 5.75 Å². The van der Waals surface area contributed by atoms with Gasteiger partial charge in [0.2, 0.25) is 0 Å². The van der Waals surface area contributed by atoms with Crippen molar-refractivity contribution in [2.24, 2.45) is 5.41 Å². The molecule has 19 heavy (non-hydrogen) atoms. The van der Waals surface area contributed by atoms with Crippen LogP contribution in [-0.4, -0.2) is 17.7 Å². The average molecular weight is 285 g/mol. The van der Waals surface area contributed by atoms with Gasteiger partial charge < -0.3 is 9.84 Å². The highest BCUT2D eigenvalue weighted by molar-refractivity contribution is 6.32. The predicted octanol–water partition coefficient (Wildman–Crippen LogP) is 4.23. The summed E-state index contributed by atoms with van der Waals surface area (Å²) in [5, 5.41) is 9.66. The van der Waals surface area contributed by atoms with Gasteiger partial charge in [-0.25, -0.2) is 0 Å². The SMILES string of the molecule is Cc1ccc(C)c(OCCCC(C)(C)C(=O)O)c1Cl. The quantitative estimate of drug-likeness (QED) is 0.795. The van der Waals surface area contributed by atoms with Crippen molar-refractivity contribution in [3.8, 4) is 5.75 Å². The van der Waals surface area contributed by atoms with Gasteiger partial charge in [-0.05, 0) is 51.7 Å². The second kappa shape index (κ2) is 6.29. The van der Waals surface area contributed by atoms with E-state index in [9.17, 15) is 4.79 Å². The molecule has 0 fully saturated rings. The van der Waals surface area contributed by atoms with Crippen LogP contribution in [0.15, 0.2) is 12.1 Å². The third-order valence-corrected chi connectivity index (χ3v) is 3.73. The Kier molecular flexibility index (Phi) is 5.24. The maximum atomic E-state index is 11.0. The van der Waals surface area contributed by atoms with Crippen molar-refractivity contribution in [1.82, 2.24) is 0 Å². The zero-order chi connectivity index (χ0) is 14.6. The van der Waals surface area contributed by atoms with E-state index < -0.39 is 11.4 Å². The molecule has 0 bridgehead atoms. The number of hydrogen-bond donors (Lipinski definition) is 1. The van der Waals surface area contributed by atoms with Crippen LogP contribution in [0.4, 0.5) is 0 Å². The van der Waals surface area contributed by atoms with E-state index in [2.05, 4.69) is 0 Å². The number of aliphatic carboxylic acids is 1. The fraction of sp³-hybridized carbons (Fsp3) is 0.533. The summed E-state index contributed by atoms with van der Waals surface area (Å²) >= 11 is 6.20. The van der Waals surface area contributed by atoms with E-state index >= 15 is 0 Å². The van der Waals surface area contributed by atoms with Gasteiger partial charge in [0.1, 0.15) is 5.75 Å². The van der Waals surface area contributed by atoms with Gasteiger partial charge in [0.05, 0.1) is 17.0 Å². The highest BCUT2D eigenvalue weighted by atomic mass is 35.5.